The van der Waals surface area contributed by atoms with Crippen LogP contribution < -0.4 is 10.6 Å². The molecule has 0 bridgehead atoms. The number of anilines is 1. The van der Waals surface area contributed by atoms with Gasteiger partial charge in [0.2, 0.25) is 0 Å². The highest BCUT2D eigenvalue weighted by Gasteiger charge is 2.28. The molecule has 2 aromatic carbocycles. The molecule has 2 aliphatic rings. The van der Waals surface area contributed by atoms with Crippen molar-refractivity contribution in [2.24, 2.45) is 0 Å². The molecule has 0 spiro atoms. The minimum Gasteiger partial charge on any atom is -0.336 e. The molecule has 2 fully saturated rings. The van der Waals surface area contributed by atoms with Crippen LogP contribution in [0.2, 0.25) is 0 Å². The fraction of sp³-hybridized carbons (Fsp3) is 0.357. The summed E-state index contributed by atoms with van der Waals surface area (Å²) in [5, 5.41) is 21.3. The van der Waals surface area contributed by atoms with E-state index in [1.807, 2.05) is 28.9 Å². The zero-order valence-corrected chi connectivity index (χ0v) is 21.4. The number of nitrogens with one attached hydrogen (secondary N) is 2. The summed E-state index contributed by atoms with van der Waals surface area (Å²) in [6.07, 6.45) is 10.0. The number of nitrogens with zero attached hydrogens (tertiary/aromatic N) is 5. The van der Waals surface area contributed by atoms with Crippen LogP contribution in [0.25, 0.3) is 22.2 Å². The molecule has 188 valence electrons. The van der Waals surface area contributed by atoms with Crippen molar-refractivity contribution in [1.29, 1.82) is 5.26 Å². The van der Waals surface area contributed by atoms with Crippen LogP contribution in [-0.4, -0.2) is 37.2 Å². The van der Waals surface area contributed by atoms with E-state index in [2.05, 4.69) is 49.6 Å². The lowest BCUT2D eigenvalue weighted by atomic mass is 9.92. The van der Waals surface area contributed by atoms with Gasteiger partial charge in [-0.25, -0.2) is 9.78 Å². The Labute approximate surface area is 220 Å². The van der Waals surface area contributed by atoms with Gasteiger partial charge in [0.1, 0.15) is 18.7 Å². The first kappa shape index (κ1) is 23.6. The zero-order valence-electron chi connectivity index (χ0n) is 20.6. The molecule has 0 unspecified atom stereocenters. The van der Waals surface area contributed by atoms with Gasteiger partial charge in [-0.2, -0.15) is 10.4 Å². The number of nitriles is 1. The van der Waals surface area contributed by atoms with Crippen molar-refractivity contribution in [2.45, 2.75) is 62.0 Å². The maximum atomic E-state index is 12.3. The van der Waals surface area contributed by atoms with Gasteiger partial charge in [-0.3, -0.25) is 4.68 Å². The summed E-state index contributed by atoms with van der Waals surface area (Å²) in [6.45, 7) is 0.792. The van der Waals surface area contributed by atoms with Crippen LogP contribution >= 0.6 is 11.8 Å². The average Bonchev–Trinajstić information content (AvgIpc) is 3.47. The zero-order chi connectivity index (χ0) is 25.2. The van der Waals surface area contributed by atoms with Crippen molar-refractivity contribution < 1.29 is 4.79 Å². The number of urea groups is 1. The van der Waals surface area contributed by atoms with Crippen molar-refractivity contribution in [3.8, 4) is 17.3 Å². The van der Waals surface area contributed by atoms with E-state index in [1.165, 1.54) is 17.7 Å². The molecule has 0 radical (unpaired) electrons. The molecule has 2 aromatic heterocycles. The van der Waals surface area contributed by atoms with E-state index in [1.54, 1.807) is 24.4 Å². The number of benzene rings is 2. The first-order valence-corrected chi connectivity index (χ1v) is 13.9. The molecule has 4 aromatic rings. The second-order valence-electron chi connectivity index (χ2n) is 9.78. The van der Waals surface area contributed by atoms with Crippen molar-refractivity contribution in [3.63, 3.8) is 0 Å². The minimum atomic E-state index is -0.160. The van der Waals surface area contributed by atoms with Gasteiger partial charge in [-0.05, 0) is 68.4 Å². The summed E-state index contributed by atoms with van der Waals surface area (Å²) in [7, 11) is 0. The number of aryl methyl sites for hydroxylation is 1. The lowest BCUT2D eigenvalue weighted by molar-refractivity contribution is 0.240. The lowest BCUT2D eigenvalue weighted by Gasteiger charge is -2.30. The number of hydrogen-bond donors (Lipinski definition) is 2. The highest BCUT2D eigenvalue weighted by atomic mass is 32.2. The van der Waals surface area contributed by atoms with Gasteiger partial charge in [0.25, 0.3) is 0 Å². The van der Waals surface area contributed by atoms with Crippen LogP contribution in [0.5, 0.6) is 0 Å². The smallest absolute Gasteiger partial charge is 0.319 e. The molecule has 2 aliphatic carbocycles. The molecule has 37 heavy (non-hydrogen) atoms. The van der Waals surface area contributed by atoms with Crippen LogP contribution in [0, 0.1) is 11.3 Å². The van der Waals surface area contributed by atoms with Gasteiger partial charge in [0, 0.05) is 33.8 Å². The molecule has 0 aliphatic heterocycles. The predicted molar refractivity (Wildman–Crippen MR) is 146 cm³/mol. The quantitative estimate of drug-likeness (QED) is 0.284. The van der Waals surface area contributed by atoms with E-state index in [0.717, 1.165) is 65.8 Å². The molecular weight excluding hydrogens is 482 g/mol. The topological polar surface area (TPSA) is 101 Å². The van der Waals surface area contributed by atoms with Gasteiger partial charge in [-0.15, -0.1) is 11.8 Å². The Morgan fingerprint density at radius 3 is 2.57 bits per heavy atom. The molecule has 0 saturated heterocycles. The number of rotatable bonds is 8. The van der Waals surface area contributed by atoms with E-state index in [-0.39, 0.29) is 6.03 Å². The van der Waals surface area contributed by atoms with Gasteiger partial charge in [-0.1, -0.05) is 18.2 Å². The van der Waals surface area contributed by atoms with Gasteiger partial charge in [0.05, 0.1) is 23.3 Å². The highest BCUT2D eigenvalue weighted by Crippen LogP contribution is 2.43. The number of carbonyl (C=O) groups excluding carboxylic acids is 1. The molecule has 8 nitrogen and oxygen atoms in total. The Morgan fingerprint density at radius 2 is 1.92 bits per heavy atom. The van der Waals surface area contributed by atoms with E-state index in [0.29, 0.717) is 17.6 Å². The number of thioether (sulfide) groups is 1. The van der Waals surface area contributed by atoms with E-state index < -0.39 is 0 Å². The Kier molecular flexibility index (Phi) is 6.58. The van der Waals surface area contributed by atoms with Crippen LogP contribution in [0.4, 0.5) is 10.5 Å². The lowest BCUT2D eigenvalue weighted by Crippen LogP contribution is -2.41. The number of hydrogen-bond acceptors (Lipinski definition) is 5. The van der Waals surface area contributed by atoms with Crippen LogP contribution in [0.1, 0.15) is 50.1 Å². The fourth-order valence-electron chi connectivity index (χ4n) is 5.02. The van der Waals surface area contributed by atoms with Gasteiger partial charge < -0.3 is 15.2 Å². The third-order valence-corrected chi connectivity index (χ3v) is 8.41. The van der Waals surface area contributed by atoms with Crippen LogP contribution in [-0.2, 0) is 6.54 Å². The summed E-state index contributed by atoms with van der Waals surface area (Å²) in [6, 6.07) is 17.3. The minimum absolute atomic E-state index is 0.160. The molecular formula is C28H29N7OS. The number of aromatic nitrogens is 4. The fourth-order valence-corrected chi connectivity index (χ4v) is 5.90. The van der Waals surface area contributed by atoms with Crippen molar-refractivity contribution in [1.82, 2.24) is 24.6 Å². The Bertz CT molecular complexity index is 1440. The second kappa shape index (κ2) is 10.3. The summed E-state index contributed by atoms with van der Waals surface area (Å²) in [5.41, 5.74) is 4.53. The van der Waals surface area contributed by atoms with Gasteiger partial charge in [0.15, 0.2) is 0 Å². The van der Waals surface area contributed by atoms with Gasteiger partial charge >= 0.3 is 6.03 Å². The summed E-state index contributed by atoms with van der Waals surface area (Å²) in [4.78, 5) is 17.5. The van der Waals surface area contributed by atoms with Crippen molar-refractivity contribution >= 4 is 34.4 Å². The number of fused-ring (bicyclic) bond motifs is 1. The first-order valence-electron chi connectivity index (χ1n) is 12.9. The largest absolute Gasteiger partial charge is 0.336 e. The third-order valence-electron chi connectivity index (χ3n) is 7.44. The monoisotopic (exact) mass is 511 g/mol. The predicted octanol–water partition coefficient (Wildman–Crippen LogP) is 5.96. The SMILES string of the molecule is N#Cc1c(-c2ccc(NC(=O)NC3CCC3)cc2)n(C2CCC2)c2cc(SCCn3cncn3)ccc12. The Hall–Kier alpha value is -3.77. The van der Waals surface area contributed by atoms with Crippen molar-refractivity contribution in [3.05, 3.63) is 60.7 Å². The van der Waals surface area contributed by atoms with Crippen LogP contribution in [0.15, 0.2) is 60.0 Å². The highest BCUT2D eigenvalue weighted by molar-refractivity contribution is 7.99. The average molecular weight is 512 g/mol. The molecule has 2 N–H and O–H groups in total. The standard InChI is InChI=1S/C28H29N7OS/c29-16-25-24-12-11-23(37-14-13-34-18-30-17-31-34)15-26(24)35(22-5-2-6-22)27(25)19-7-9-21(10-8-19)33-28(36)32-20-3-1-4-20/h7-12,15,17-18,20,22H,1-6,13-14H2,(H2,32,33,36). The van der Waals surface area contributed by atoms with E-state index in [9.17, 15) is 10.1 Å². The van der Waals surface area contributed by atoms with Crippen molar-refractivity contribution in [2.75, 3.05) is 11.1 Å². The summed E-state index contributed by atoms with van der Waals surface area (Å²) in [5.74, 6) is 0.889. The summed E-state index contributed by atoms with van der Waals surface area (Å²) >= 11 is 1.78. The van der Waals surface area contributed by atoms with Crippen LogP contribution in [0.3, 0.4) is 0 Å². The Balaban J connectivity index is 1.29. The maximum absolute atomic E-state index is 12.3. The molecule has 2 amide bonds. The Morgan fingerprint density at radius 1 is 1.11 bits per heavy atom. The first-order chi connectivity index (χ1) is 18.2. The molecule has 6 rings (SSSR count). The maximum Gasteiger partial charge on any atom is 0.319 e. The molecule has 9 heteroatoms. The second-order valence-corrected chi connectivity index (χ2v) is 10.9. The number of amides is 2. The third kappa shape index (κ3) is 4.81. The normalized spacial score (nSPS) is 15.6. The molecule has 2 saturated carbocycles. The number of carbonyl (C=O) groups is 1. The van der Waals surface area contributed by atoms with E-state index in [4.69, 9.17) is 0 Å². The molecule has 2 heterocycles. The van der Waals surface area contributed by atoms with E-state index >= 15 is 0 Å². The summed E-state index contributed by atoms with van der Waals surface area (Å²) < 4.78 is 4.22. The molecule has 0 atom stereocenters.